The molecule has 0 bridgehead atoms. The summed E-state index contributed by atoms with van der Waals surface area (Å²) in [5.41, 5.74) is 3.59. The predicted octanol–water partition coefficient (Wildman–Crippen LogP) is 4.46. The van der Waals surface area contributed by atoms with Crippen LogP contribution in [0.15, 0.2) is 53.1 Å². The van der Waals surface area contributed by atoms with Crippen molar-refractivity contribution in [2.45, 2.75) is 33.1 Å². The van der Waals surface area contributed by atoms with Gasteiger partial charge in [0.15, 0.2) is 5.76 Å². The molecule has 0 amide bonds. The highest BCUT2D eigenvalue weighted by Crippen LogP contribution is 2.30. The van der Waals surface area contributed by atoms with E-state index < -0.39 is 0 Å². The molecule has 1 aliphatic heterocycles. The van der Waals surface area contributed by atoms with Crippen LogP contribution >= 0.6 is 0 Å². The second-order valence-electron chi connectivity index (χ2n) is 7.89. The maximum Gasteiger partial charge on any atom is 0.255 e. The lowest BCUT2D eigenvalue weighted by Gasteiger charge is -2.34. The quantitative estimate of drug-likeness (QED) is 0.517. The van der Waals surface area contributed by atoms with Crippen molar-refractivity contribution in [3.8, 4) is 11.6 Å². The van der Waals surface area contributed by atoms with Gasteiger partial charge in [0.1, 0.15) is 5.82 Å². The molecule has 1 aliphatic rings. The molecule has 148 valence electrons. The standard InChI is InChI=1S/C23H25N5O/c1-16-17(2)24-23-25-21(20-9-6-14-29-20)26-28(23)22(16)27-12-10-19(11-13-27)15-18-7-4-3-5-8-18/h3-9,14,19H,10-13,15H2,1-2H3. The fourth-order valence-electron chi connectivity index (χ4n) is 4.25. The van der Waals surface area contributed by atoms with E-state index in [2.05, 4.69) is 52.1 Å². The summed E-state index contributed by atoms with van der Waals surface area (Å²) in [6.07, 6.45) is 5.15. The summed E-state index contributed by atoms with van der Waals surface area (Å²) < 4.78 is 7.37. The summed E-state index contributed by atoms with van der Waals surface area (Å²) in [6, 6.07) is 14.5. The van der Waals surface area contributed by atoms with Gasteiger partial charge in [-0.15, -0.1) is 5.10 Å². The molecule has 0 atom stereocenters. The number of fused-ring (bicyclic) bond motifs is 1. The van der Waals surface area contributed by atoms with Crippen LogP contribution < -0.4 is 4.90 Å². The van der Waals surface area contributed by atoms with Gasteiger partial charge >= 0.3 is 0 Å². The Morgan fingerprint density at radius 3 is 2.52 bits per heavy atom. The molecule has 1 fully saturated rings. The Balaban J connectivity index is 1.42. The van der Waals surface area contributed by atoms with Crippen molar-refractivity contribution in [2.24, 2.45) is 5.92 Å². The van der Waals surface area contributed by atoms with Crippen LogP contribution in [0.1, 0.15) is 29.7 Å². The van der Waals surface area contributed by atoms with E-state index in [4.69, 9.17) is 9.52 Å². The van der Waals surface area contributed by atoms with E-state index in [-0.39, 0.29) is 0 Å². The highest BCUT2D eigenvalue weighted by atomic mass is 16.3. The van der Waals surface area contributed by atoms with Gasteiger partial charge in [-0.3, -0.25) is 0 Å². The van der Waals surface area contributed by atoms with Gasteiger partial charge in [0, 0.05) is 24.3 Å². The number of anilines is 1. The number of aromatic nitrogens is 4. The Hall–Kier alpha value is -3.15. The first-order valence-corrected chi connectivity index (χ1v) is 10.3. The minimum atomic E-state index is 0.577. The minimum absolute atomic E-state index is 0.577. The van der Waals surface area contributed by atoms with E-state index in [0.29, 0.717) is 17.4 Å². The first-order chi connectivity index (χ1) is 14.2. The molecule has 0 N–H and O–H groups in total. The lowest BCUT2D eigenvalue weighted by atomic mass is 9.90. The van der Waals surface area contributed by atoms with Gasteiger partial charge in [-0.05, 0) is 56.7 Å². The van der Waals surface area contributed by atoms with Gasteiger partial charge in [0.05, 0.1) is 6.26 Å². The Morgan fingerprint density at radius 1 is 1.00 bits per heavy atom. The van der Waals surface area contributed by atoms with Crippen LogP contribution in [0.5, 0.6) is 0 Å². The molecule has 6 heteroatoms. The number of nitrogens with zero attached hydrogens (tertiary/aromatic N) is 5. The van der Waals surface area contributed by atoms with Crippen LogP contribution in [0.2, 0.25) is 0 Å². The Morgan fingerprint density at radius 2 is 1.79 bits per heavy atom. The molecule has 0 aliphatic carbocycles. The van der Waals surface area contributed by atoms with Gasteiger partial charge in [0.2, 0.25) is 5.82 Å². The highest BCUT2D eigenvalue weighted by Gasteiger charge is 2.25. The third-order valence-corrected chi connectivity index (χ3v) is 5.96. The zero-order valence-electron chi connectivity index (χ0n) is 16.9. The van der Waals surface area contributed by atoms with E-state index in [9.17, 15) is 0 Å². The normalized spacial score (nSPS) is 15.3. The summed E-state index contributed by atoms with van der Waals surface area (Å²) in [7, 11) is 0. The Labute approximate surface area is 170 Å². The molecule has 0 spiro atoms. The lowest BCUT2D eigenvalue weighted by Crippen LogP contribution is -2.36. The van der Waals surface area contributed by atoms with Crippen molar-refractivity contribution in [1.29, 1.82) is 0 Å². The van der Waals surface area contributed by atoms with Crippen LogP contribution in [0, 0.1) is 19.8 Å². The van der Waals surface area contributed by atoms with E-state index in [1.807, 2.05) is 23.6 Å². The highest BCUT2D eigenvalue weighted by molar-refractivity contribution is 5.58. The summed E-state index contributed by atoms with van der Waals surface area (Å²) >= 11 is 0. The van der Waals surface area contributed by atoms with Crippen molar-refractivity contribution in [2.75, 3.05) is 18.0 Å². The predicted molar refractivity (Wildman–Crippen MR) is 113 cm³/mol. The van der Waals surface area contributed by atoms with E-state index in [1.165, 1.54) is 18.4 Å². The van der Waals surface area contributed by atoms with Crippen LogP contribution in [-0.2, 0) is 6.42 Å². The molecule has 29 heavy (non-hydrogen) atoms. The molecule has 1 aromatic carbocycles. The van der Waals surface area contributed by atoms with Crippen molar-refractivity contribution in [1.82, 2.24) is 19.6 Å². The fraction of sp³-hybridized carbons (Fsp3) is 0.348. The molecule has 3 aromatic heterocycles. The summed E-state index contributed by atoms with van der Waals surface area (Å²) in [5.74, 6) is 3.70. The van der Waals surface area contributed by atoms with Crippen molar-refractivity contribution < 1.29 is 4.42 Å². The number of hydrogen-bond acceptors (Lipinski definition) is 5. The van der Waals surface area contributed by atoms with Gasteiger partial charge in [-0.1, -0.05) is 30.3 Å². The molecule has 1 saturated heterocycles. The monoisotopic (exact) mass is 387 g/mol. The molecule has 6 nitrogen and oxygen atoms in total. The SMILES string of the molecule is Cc1nc2nc(-c3ccco3)nn2c(N2CCC(Cc3ccccc3)CC2)c1C. The minimum Gasteiger partial charge on any atom is -0.461 e. The Bertz CT molecular complexity index is 1110. The summed E-state index contributed by atoms with van der Waals surface area (Å²) in [4.78, 5) is 11.7. The average molecular weight is 387 g/mol. The van der Waals surface area contributed by atoms with E-state index in [0.717, 1.165) is 42.5 Å². The molecule has 0 unspecified atom stereocenters. The number of furan rings is 1. The van der Waals surface area contributed by atoms with E-state index >= 15 is 0 Å². The number of piperidine rings is 1. The molecule has 0 radical (unpaired) electrons. The van der Waals surface area contributed by atoms with Crippen molar-refractivity contribution in [3.63, 3.8) is 0 Å². The zero-order chi connectivity index (χ0) is 19.8. The molecule has 5 rings (SSSR count). The molecular weight excluding hydrogens is 362 g/mol. The average Bonchev–Trinajstić information content (AvgIpc) is 3.40. The van der Waals surface area contributed by atoms with Crippen LogP contribution in [0.3, 0.4) is 0 Å². The summed E-state index contributed by atoms with van der Waals surface area (Å²) in [6.45, 7) is 6.21. The third kappa shape index (κ3) is 3.39. The van der Waals surface area contributed by atoms with Gasteiger partial charge < -0.3 is 9.32 Å². The largest absolute Gasteiger partial charge is 0.461 e. The zero-order valence-corrected chi connectivity index (χ0v) is 16.9. The maximum absolute atomic E-state index is 5.49. The first kappa shape index (κ1) is 17.9. The van der Waals surface area contributed by atoms with E-state index in [1.54, 1.807) is 6.26 Å². The van der Waals surface area contributed by atoms with Gasteiger partial charge in [-0.25, -0.2) is 4.98 Å². The number of rotatable bonds is 4. The third-order valence-electron chi connectivity index (χ3n) is 5.96. The maximum atomic E-state index is 5.49. The van der Waals surface area contributed by atoms with Crippen LogP contribution in [0.25, 0.3) is 17.4 Å². The lowest BCUT2D eigenvalue weighted by molar-refractivity contribution is 0.400. The molecule has 4 aromatic rings. The second-order valence-corrected chi connectivity index (χ2v) is 7.89. The smallest absolute Gasteiger partial charge is 0.255 e. The molecule has 0 saturated carbocycles. The first-order valence-electron chi connectivity index (χ1n) is 10.3. The van der Waals surface area contributed by atoms with Gasteiger partial charge in [-0.2, -0.15) is 9.50 Å². The van der Waals surface area contributed by atoms with Crippen LogP contribution in [0.4, 0.5) is 5.82 Å². The van der Waals surface area contributed by atoms with Crippen LogP contribution in [-0.4, -0.2) is 32.7 Å². The topological polar surface area (TPSA) is 59.5 Å². The number of hydrogen-bond donors (Lipinski definition) is 0. The Kier molecular flexibility index (Phi) is 4.54. The fourth-order valence-corrected chi connectivity index (χ4v) is 4.25. The molecular formula is C23H25N5O. The second kappa shape index (κ2) is 7.35. The van der Waals surface area contributed by atoms with Gasteiger partial charge in [0.25, 0.3) is 5.78 Å². The van der Waals surface area contributed by atoms with Crippen molar-refractivity contribution in [3.05, 3.63) is 65.5 Å². The molecule has 4 heterocycles. The number of aryl methyl sites for hydroxylation is 1. The van der Waals surface area contributed by atoms with Crippen molar-refractivity contribution >= 4 is 11.6 Å². The summed E-state index contributed by atoms with van der Waals surface area (Å²) in [5, 5.41) is 4.73. The number of benzene rings is 1.